The molecule has 1 aromatic carbocycles. The highest BCUT2D eigenvalue weighted by atomic mass is 35.5. The van der Waals surface area contributed by atoms with Gasteiger partial charge in [-0.05, 0) is 25.1 Å². The summed E-state index contributed by atoms with van der Waals surface area (Å²) in [6, 6.07) is 7.63. The molecule has 0 saturated carbocycles. The summed E-state index contributed by atoms with van der Waals surface area (Å²) in [5.41, 5.74) is 1.44. The third-order valence-electron chi connectivity index (χ3n) is 4.61. The minimum absolute atomic E-state index is 0. The van der Waals surface area contributed by atoms with E-state index in [4.69, 9.17) is 16.3 Å². The summed E-state index contributed by atoms with van der Waals surface area (Å²) in [5.74, 6) is -0.729. The van der Waals surface area contributed by atoms with Crippen LogP contribution in [-0.4, -0.2) is 37.5 Å². The number of benzene rings is 1. The van der Waals surface area contributed by atoms with Crippen molar-refractivity contribution in [3.05, 3.63) is 50.2 Å². The molecule has 1 aliphatic heterocycles. The molecule has 0 bridgehead atoms. The maximum Gasteiger partial charge on any atom is 0.341 e. The molecule has 1 N–H and O–H groups in total. The number of likely N-dealkylation sites (N-methyl/N-ethyl adjacent to an activating group) is 1. The van der Waals surface area contributed by atoms with Crippen molar-refractivity contribution in [3.63, 3.8) is 0 Å². The first-order valence-electron chi connectivity index (χ1n) is 8.39. The lowest BCUT2D eigenvalue weighted by molar-refractivity contribution is 0.0600. The van der Waals surface area contributed by atoms with E-state index in [1.807, 2.05) is 31.3 Å². The Morgan fingerprint density at radius 1 is 1.25 bits per heavy atom. The predicted octanol–water partition coefficient (Wildman–Crippen LogP) is 5.06. The zero-order valence-corrected chi connectivity index (χ0v) is 18.4. The van der Waals surface area contributed by atoms with Crippen molar-refractivity contribution in [1.29, 1.82) is 0 Å². The summed E-state index contributed by atoms with van der Waals surface area (Å²) in [5, 5.41) is 4.73. The number of hydrogen-bond acceptors (Lipinski definition) is 6. The van der Waals surface area contributed by atoms with E-state index in [-0.39, 0.29) is 18.3 Å². The number of thiophene rings is 2. The number of methoxy groups -OCH3 is 1. The molecule has 2 aromatic heterocycles. The van der Waals surface area contributed by atoms with Gasteiger partial charge in [-0.15, -0.1) is 35.1 Å². The first-order valence-corrected chi connectivity index (χ1v) is 10.4. The van der Waals surface area contributed by atoms with Gasteiger partial charge in [0.25, 0.3) is 5.91 Å². The van der Waals surface area contributed by atoms with Gasteiger partial charge in [0, 0.05) is 28.1 Å². The summed E-state index contributed by atoms with van der Waals surface area (Å²) in [4.78, 5) is 29.0. The van der Waals surface area contributed by atoms with Gasteiger partial charge in [-0.25, -0.2) is 4.79 Å². The average molecular weight is 457 g/mol. The van der Waals surface area contributed by atoms with E-state index in [2.05, 4.69) is 10.2 Å². The van der Waals surface area contributed by atoms with Crippen LogP contribution in [-0.2, 0) is 17.7 Å². The third-order valence-corrected chi connectivity index (χ3v) is 7.41. The van der Waals surface area contributed by atoms with Crippen LogP contribution in [0.4, 0.5) is 5.00 Å². The van der Waals surface area contributed by atoms with Crippen molar-refractivity contribution in [1.82, 2.24) is 4.90 Å². The standard InChI is InChI=1S/C19H17ClN2O3S2.ClH/c1-22-8-7-10-13(9-22)27-18(14(10)19(24)25-2)21-17(23)16-15(20)11-5-3-4-6-12(11)26-16;/h3-6H,7-9H2,1-2H3,(H,21,23);1H. The number of nitrogens with one attached hydrogen (secondary N) is 1. The number of ether oxygens (including phenoxy) is 1. The second-order valence-electron chi connectivity index (χ2n) is 6.38. The fourth-order valence-electron chi connectivity index (χ4n) is 3.26. The summed E-state index contributed by atoms with van der Waals surface area (Å²) in [6.07, 6.45) is 0.756. The fourth-order valence-corrected chi connectivity index (χ4v) is 5.98. The number of carbonyl (C=O) groups is 2. The number of esters is 1. The molecule has 0 saturated heterocycles. The topological polar surface area (TPSA) is 58.6 Å². The first-order chi connectivity index (χ1) is 13.0. The highest BCUT2D eigenvalue weighted by molar-refractivity contribution is 7.22. The Kier molecular flexibility index (Phi) is 6.31. The van der Waals surface area contributed by atoms with Crippen LogP contribution < -0.4 is 5.32 Å². The normalized spacial score (nSPS) is 13.7. The number of amides is 1. The molecule has 0 aliphatic carbocycles. The van der Waals surface area contributed by atoms with Crippen LogP contribution in [0.2, 0.25) is 5.02 Å². The molecule has 5 nitrogen and oxygen atoms in total. The number of halogens is 2. The Balaban J connectivity index is 0.00000225. The van der Waals surface area contributed by atoms with Gasteiger partial charge in [-0.2, -0.15) is 0 Å². The van der Waals surface area contributed by atoms with Crippen LogP contribution in [0.5, 0.6) is 0 Å². The van der Waals surface area contributed by atoms with E-state index in [1.54, 1.807) is 0 Å². The van der Waals surface area contributed by atoms with Crippen LogP contribution in [0.1, 0.15) is 30.5 Å². The SMILES string of the molecule is COC(=O)c1c(NC(=O)c2sc3ccccc3c2Cl)sc2c1CCN(C)C2.Cl. The molecule has 0 atom stereocenters. The van der Waals surface area contributed by atoms with Gasteiger partial charge < -0.3 is 15.0 Å². The summed E-state index contributed by atoms with van der Waals surface area (Å²) in [6.45, 7) is 1.62. The van der Waals surface area contributed by atoms with E-state index >= 15 is 0 Å². The van der Waals surface area contributed by atoms with E-state index in [0.717, 1.165) is 40.0 Å². The van der Waals surface area contributed by atoms with Crippen molar-refractivity contribution in [2.45, 2.75) is 13.0 Å². The molecule has 0 unspecified atom stereocenters. The summed E-state index contributed by atoms with van der Waals surface area (Å²) < 4.78 is 5.92. The lowest BCUT2D eigenvalue weighted by Gasteiger charge is -2.22. The molecule has 1 aliphatic rings. The molecule has 9 heteroatoms. The highest BCUT2D eigenvalue weighted by Gasteiger charge is 2.29. The van der Waals surface area contributed by atoms with Gasteiger partial charge in [0.05, 0.1) is 17.7 Å². The van der Waals surface area contributed by atoms with Crippen LogP contribution in [0.25, 0.3) is 10.1 Å². The van der Waals surface area contributed by atoms with Crippen molar-refractivity contribution in [2.75, 3.05) is 26.0 Å². The molecule has 0 radical (unpaired) electrons. The smallest absolute Gasteiger partial charge is 0.341 e. The molecule has 4 rings (SSSR count). The van der Waals surface area contributed by atoms with Gasteiger partial charge >= 0.3 is 5.97 Å². The molecule has 3 aromatic rings. The maximum absolute atomic E-state index is 12.9. The highest BCUT2D eigenvalue weighted by Crippen LogP contribution is 2.39. The van der Waals surface area contributed by atoms with Crippen LogP contribution in [0.3, 0.4) is 0 Å². The van der Waals surface area contributed by atoms with E-state index < -0.39 is 5.97 Å². The lowest BCUT2D eigenvalue weighted by atomic mass is 10.0. The van der Waals surface area contributed by atoms with Crippen molar-refractivity contribution >= 4 is 73.6 Å². The fraction of sp³-hybridized carbons (Fsp3) is 0.263. The second-order valence-corrected chi connectivity index (χ2v) is 8.92. The molecular weight excluding hydrogens is 439 g/mol. The molecule has 0 fully saturated rings. The van der Waals surface area contributed by atoms with Crippen LogP contribution in [0.15, 0.2) is 24.3 Å². The van der Waals surface area contributed by atoms with Crippen molar-refractivity contribution in [2.24, 2.45) is 0 Å². The average Bonchev–Trinajstić information content (AvgIpc) is 3.18. The van der Waals surface area contributed by atoms with Gasteiger partial charge in [-0.3, -0.25) is 4.79 Å². The lowest BCUT2D eigenvalue weighted by Crippen LogP contribution is -2.26. The summed E-state index contributed by atoms with van der Waals surface area (Å²) in [7, 11) is 3.39. The van der Waals surface area contributed by atoms with Gasteiger partial charge in [0.15, 0.2) is 0 Å². The van der Waals surface area contributed by atoms with E-state index in [1.165, 1.54) is 29.8 Å². The van der Waals surface area contributed by atoms with E-state index in [9.17, 15) is 9.59 Å². The van der Waals surface area contributed by atoms with Gasteiger partial charge in [-0.1, -0.05) is 29.8 Å². The Morgan fingerprint density at radius 3 is 2.71 bits per heavy atom. The third kappa shape index (κ3) is 3.65. The van der Waals surface area contributed by atoms with Gasteiger partial charge in [0.2, 0.25) is 0 Å². The number of nitrogens with zero attached hydrogens (tertiary/aromatic N) is 1. The zero-order valence-electron chi connectivity index (χ0n) is 15.2. The second kappa shape index (κ2) is 8.39. The Labute approximate surface area is 181 Å². The maximum atomic E-state index is 12.9. The molecule has 28 heavy (non-hydrogen) atoms. The first kappa shape index (κ1) is 21.1. The zero-order chi connectivity index (χ0) is 19.1. The molecule has 0 spiro atoms. The predicted molar refractivity (Wildman–Crippen MR) is 118 cm³/mol. The number of anilines is 1. The Bertz CT molecular complexity index is 1060. The number of hydrogen-bond donors (Lipinski definition) is 1. The Hall–Kier alpha value is -1.64. The monoisotopic (exact) mass is 456 g/mol. The molecule has 3 heterocycles. The largest absolute Gasteiger partial charge is 0.465 e. The van der Waals surface area contributed by atoms with Gasteiger partial charge in [0.1, 0.15) is 9.88 Å². The molecular formula is C19H18Cl2N2O3S2. The number of carbonyl (C=O) groups excluding carboxylic acids is 2. The number of fused-ring (bicyclic) bond motifs is 2. The number of rotatable bonds is 3. The van der Waals surface area contributed by atoms with Crippen LogP contribution >= 0.6 is 46.7 Å². The molecule has 1 amide bonds. The minimum Gasteiger partial charge on any atom is -0.465 e. The van der Waals surface area contributed by atoms with Crippen LogP contribution in [0, 0.1) is 0 Å². The molecule has 148 valence electrons. The minimum atomic E-state index is -0.421. The van der Waals surface area contributed by atoms with E-state index in [0.29, 0.717) is 20.5 Å². The van der Waals surface area contributed by atoms with Crippen molar-refractivity contribution in [3.8, 4) is 0 Å². The quantitative estimate of drug-likeness (QED) is 0.559. The van der Waals surface area contributed by atoms with Crippen molar-refractivity contribution < 1.29 is 14.3 Å². The Morgan fingerprint density at radius 2 is 2.00 bits per heavy atom. The summed E-state index contributed by atoms with van der Waals surface area (Å²) >= 11 is 9.20.